The first-order valence-electron chi connectivity index (χ1n) is 11.6. The number of ether oxygens (including phenoxy) is 1. The average molecular weight is 433 g/mol. The zero-order chi connectivity index (χ0) is 22.4. The lowest BCUT2D eigenvalue weighted by molar-refractivity contribution is 0.0866. The number of fused-ring (bicyclic) bond motifs is 5. The summed E-state index contributed by atoms with van der Waals surface area (Å²) in [5.41, 5.74) is 7.77. The molecule has 33 heavy (non-hydrogen) atoms. The average Bonchev–Trinajstić information content (AvgIpc) is 3.33. The highest BCUT2D eigenvalue weighted by molar-refractivity contribution is 5.80. The molecule has 0 aromatic heterocycles. The van der Waals surface area contributed by atoms with Crippen molar-refractivity contribution in [1.82, 2.24) is 4.90 Å². The summed E-state index contributed by atoms with van der Waals surface area (Å²) in [6.45, 7) is 0.344. The van der Waals surface area contributed by atoms with E-state index >= 15 is 0 Å². The highest BCUT2D eigenvalue weighted by Gasteiger charge is 2.41. The monoisotopic (exact) mass is 432 g/mol. The van der Waals surface area contributed by atoms with Crippen molar-refractivity contribution in [3.8, 4) is 17.2 Å². The van der Waals surface area contributed by atoms with E-state index in [0.717, 1.165) is 24.8 Å². The first kappa shape index (κ1) is 19.8. The summed E-state index contributed by atoms with van der Waals surface area (Å²) >= 11 is 0. The molecule has 0 saturated carbocycles. The Bertz CT molecular complexity index is 1270. The van der Waals surface area contributed by atoms with Crippen molar-refractivity contribution in [3.05, 3.63) is 101 Å². The van der Waals surface area contributed by atoms with Crippen LogP contribution in [0.2, 0.25) is 0 Å². The molecule has 162 valence electrons. The number of nitrogens with zero attached hydrogens (tertiary/aromatic N) is 2. The molecule has 2 bridgehead atoms. The fourth-order valence-electron chi connectivity index (χ4n) is 5.84. The van der Waals surface area contributed by atoms with Gasteiger partial charge >= 0.3 is 6.09 Å². The molecule has 2 atom stereocenters. The van der Waals surface area contributed by atoms with Gasteiger partial charge in [0.2, 0.25) is 0 Å². The zero-order valence-corrected chi connectivity index (χ0v) is 18.3. The van der Waals surface area contributed by atoms with Crippen LogP contribution in [0.25, 0.3) is 16.7 Å². The van der Waals surface area contributed by atoms with Gasteiger partial charge in [0.25, 0.3) is 0 Å². The van der Waals surface area contributed by atoms with Crippen LogP contribution in [0.1, 0.15) is 47.4 Å². The molecule has 4 heteroatoms. The van der Waals surface area contributed by atoms with Crippen LogP contribution < -0.4 is 0 Å². The summed E-state index contributed by atoms with van der Waals surface area (Å²) in [7, 11) is 0. The third-order valence-electron chi connectivity index (χ3n) is 7.34. The van der Waals surface area contributed by atoms with E-state index in [2.05, 4.69) is 60.7 Å². The van der Waals surface area contributed by atoms with Gasteiger partial charge in [0.05, 0.1) is 17.7 Å². The molecule has 0 N–H and O–H groups in total. The Morgan fingerprint density at radius 2 is 1.55 bits per heavy atom. The van der Waals surface area contributed by atoms with E-state index in [1.165, 1.54) is 27.8 Å². The van der Waals surface area contributed by atoms with Gasteiger partial charge in [-0.15, -0.1) is 0 Å². The van der Waals surface area contributed by atoms with E-state index < -0.39 is 0 Å². The Kier molecular flexibility index (Phi) is 4.77. The van der Waals surface area contributed by atoms with Gasteiger partial charge in [-0.2, -0.15) is 5.26 Å². The second-order valence-electron chi connectivity index (χ2n) is 9.06. The summed E-state index contributed by atoms with van der Waals surface area (Å²) in [6, 6.07) is 27.0. The maximum Gasteiger partial charge on any atom is 0.410 e. The highest BCUT2D eigenvalue weighted by atomic mass is 16.6. The molecule has 0 radical (unpaired) electrons. The Hall–Kier alpha value is -3.84. The van der Waals surface area contributed by atoms with E-state index in [0.29, 0.717) is 12.2 Å². The van der Waals surface area contributed by atoms with Gasteiger partial charge in [0, 0.05) is 12.0 Å². The summed E-state index contributed by atoms with van der Waals surface area (Å²) in [4.78, 5) is 15.1. The number of hydrogen-bond acceptors (Lipinski definition) is 3. The van der Waals surface area contributed by atoms with Crippen LogP contribution in [0.3, 0.4) is 0 Å². The minimum Gasteiger partial charge on any atom is -0.448 e. The zero-order valence-electron chi connectivity index (χ0n) is 18.3. The number of nitriles is 1. The Morgan fingerprint density at radius 1 is 0.909 bits per heavy atom. The number of amides is 1. The number of carbonyl (C=O) groups is 1. The van der Waals surface area contributed by atoms with Crippen molar-refractivity contribution in [3.63, 3.8) is 0 Å². The van der Waals surface area contributed by atoms with Crippen LogP contribution in [0.15, 0.2) is 78.9 Å². The fourth-order valence-corrected chi connectivity index (χ4v) is 5.84. The van der Waals surface area contributed by atoms with Gasteiger partial charge in [0.15, 0.2) is 0 Å². The molecule has 2 aliphatic heterocycles. The number of rotatable bonds is 3. The van der Waals surface area contributed by atoms with Gasteiger partial charge < -0.3 is 4.74 Å². The summed E-state index contributed by atoms with van der Waals surface area (Å²) in [5, 5.41) is 9.49. The molecule has 3 aromatic rings. The molecule has 3 aromatic carbocycles. The van der Waals surface area contributed by atoms with Crippen molar-refractivity contribution >= 4 is 11.7 Å². The van der Waals surface area contributed by atoms with E-state index in [1.54, 1.807) is 0 Å². The van der Waals surface area contributed by atoms with E-state index in [-0.39, 0.29) is 24.1 Å². The quantitative estimate of drug-likeness (QED) is 0.500. The van der Waals surface area contributed by atoms with E-state index in [9.17, 15) is 10.1 Å². The van der Waals surface area contributed by atoms with E-state index in [1.807, 2.05) is 29.2 Å². The van der Waals surface area contributed by atoms with Crippen LogP contribution in [0.5, 0.6) is 0 Å². The largest absolute Gasteiger partial charge is 0.448 e. The molecule has 1 saturated heterocycles. The molecule has 1 aliphatic carbocycles. The number of hydrogen-bond donors (Lipinski definition) is 0. The molecular weight excluding hydrogens is 408 g/mol. The van der Waals surface area contributed by atoms with E-state index in [4.69, 9.17) is 4.74 Å². The molecular formula is C29H24N2O2. The van der Waals surface area contributed by atoms with Crippen molar-refractivity contribution in [1.29, 1.82) is 5.26 Å². The molecule has 3 aliphatic rings. The lowest BCUT2D eigenvalue weighted by Crippen LogP contribution is -2.43. The Balaban J connectivity index is 1.21. The van der Waals surface area contributed by atoms with Gasteiger partial charge in [-0.25, -0.2) is 4.79 Å². The maximum atomic E-state index is 13.2. The highest BCUT2D eigenvalue weighted by Crippen LogP contribution is 2.45. The van der Waals surface area contributed by atoms with Gasteiger partial charge in [-0.05, 0) is 58.7 Å². The third-order valence-corrected chi connectivity index (χ3v) is 7.34. The van der Waals surface area contributed by atoms with Crippen LogP contribution in [-0.2, 0) is 4.74 Å². The minimum absolute atomic E-state index is 0.0288. The Labute approximate surface area is 193 Å². The molecule has 1 amide bonds. The predicted octanol–water partition coefficient (Wildman–Crippen LogP) is 6.13. The second-order valence-corrected chi connectivity index (χ2v) is 9.06. The van der Waals surface area contributed by atoms with Crippen LogP contribution >= 0.6 is 0 Å². The fraction of sp³-hybridized carbons (Fsp3) is 0.241. The molecule has 1 fully saturated rings. The van der Waals surface area contributed by atoms with Crippen molar-refractivity contribution in [2.24, 2.45) is 0 Å². The third kappa shape index (κ3) is 3.24. The second kappa shape index (κ2) is 7.94. The van der Waals surface area contributed by atoms with Crippen molar-refractivity contribution in [2.45, 2.75) is 37.3 Å². The van der Waals surface area contributed by atoms with Crippen molar-refractivity contribution < 1.29 is 9.53 Å². The normalized spacial score (nSPS) is 20.6. The van der Waals surface area contributed by atoms with Gasteiger partial charge in [0.1, 0.15) is 6.61 Å². The molecule has 0 spiro atoms. The van der Waals surface area contributed by atoms with Gasteiger partial charge in [-0.1, -0.05) is 72.8 Å². The van der Waals surface area contributed by atoms with Crippen LogP contribution in [0, 0.1) is 11.3 Å². The smallest absolute Gasteiger partial charge is 0.410 e. The minimum atomic E-state index is -0.228. The SMILES string of the molecule is N#Cc1ccccc1C1=CC2CCC(C1)N2C(=O)OCC1c2ccccc2-c2ccccc21. The van der Waals surface area contributed by atoms with Crippen LogP contribution in [0.4, 0.5) is 4.79 Å². The Morgan fingerprint density at radius 3 is 2.21 bits per heavy atom. The van der Waals surface area contributed by atoms with Crippen molar-refractivity contribution in [2.75, 3.05) is 6.61 Å². The maximum absolute atomic E-state index is 13.2. The molecule has 2 unspecified atom stereocenters. The van der Waals surface area contributed by atoms with Gasteiger partial charge in [-0.3, -0.25) is 4.90 Å². The molecule has 2 heterocycles. The molecule has 4 nitrogen and oxygen atoms in total. The number of benzene rings is 3. The molecule has 6 rings (SSSR count). The first-order valence-corrected chi connectivity index (χ1v) is 11.6. The lowest BCUT2D eigenvalue weighted by Gasteiger charge is -2.33. The summed E-state index contributed by atoms with van der Waals surface area (Å²) < 4.78 is 5.95. The predicted molar refractivity (Wildman–Crippen MR) is 127 cm³/mol. The van der Waals surface area contributed by atoms with Crippen LogP contribution in [-0.4, -0.2) is 29.7 Å². The standard InChI is InChI=1S/C29H24N2O2/c30-17-19-7-1-2-8-23(19)20-15-21-13-14-22(16-20)31(21)29(32)33-18-28-26-11-5-3-9-24(26)25-10-4-6-12-27(25)28/h1-12,15,21-22,28H,13-14,16,18H2. The number of carbonyl (C=O) groups excluding carboxylic acids is 1. The lowest BCUT2D eigenvalue weighted by atomic mass is 9.92. The first-order chi connectivity index (χ1) is 16.2. The summed E-state index contributed by atoms with van der Waals surface area (Å²) in [5.74, 6) is 0.0670. The summed E-state index contributed by atoms with van der Waals surface area (Å²) in [6.07, 6.45) is 4.60. The topological polar surface area (TPSA) is 53.3 Å².